The Morgan fingerprint density at radius 1 is 0.939 bits per heavy atom. The maximum absolute atomic E-state index is 12.7. The van der Waals surface area contributed by atoms with Crippen molar-refractivity contribution in [2.45, 2.75) is 4.90 Å². The van der Waals surface area contributed by atoms with Gasteiger partial charge >= 0.3 is 0 Å². The molecule has 0 unspecified atom stereocenters. The molecule has 2 N–H and O–H groups in total. The number of benzene rings is 3. The molecule has 1 aromatic heterocycles. The van der Waals surface area contributed by atoms with Gasteiger partial charge in [0.2, 0.25) is 5.95 Å². The molecule has 4 rings (SSSR count). The Hall–Kier alpha value is -3.78. The van der Waals surface area contributed by atoms with Crippen molar-refractivity contribution in [1.82, 2.24) is 9.97 Å². The highest BCUT2D eigenvalue weighted by Gasteiger charge is 2.15. The Morgan fingerprint density at radius 2 is 1.67 bits per heavy atom. The SMILES string of the molecule is CNc1nc(-c2cccc(NC(=O)c3ccc(SC)cc3)c2)c2cc(OC)c(OC)cc2n1. The molecule has 7 nitrogen and oxygen atoms in total. The molecule has 4 aromatic rings. The fraction of sp³-hybridized carbons (Fsp3) is 0.160. The van der Waals surface area contributed by atoms with E-state index in [2.05, 4.69) is 20.6 Å². The number of nitrogens with one attached hydrogen (secondary N) is 2. The van der Waals surface area contributed by atoms with Crippen LogP contribution in [0, 0.1) is 0 Å². The molecule has 33 heavy (non-hydrogen) atoms. The van der Waals surface area contributed by atoms with Crippen LogP contribution in [0.25, 0.3) is 22.2 Å². The zero-order chi connectivity index (χ0) is 23.4. The van der Waals surface area contributed by atoms with Crippen LogP contribution in [0.4, 0.5) is 11.6 Å². The molecular formula is C25H24N4O3S. The predicted octanol–water partition coefficient (Wildman–Crippen LogP) is 5.33. The summed E-state index contributed by atoms with van der Waals surface area (Å²) in [4.78, 5) is 23.1. The summed E-state index contributed by atoms with van der Waals surface area (Å²) >= 11 is 1.64. The Kier molecular flexibility index (Phi) is 6.65. The van der Waals surface area contributed by atoms with Gasteiger partial charge in [0, 0.05) is 40.2 Å². The van der Waals surface area contributed by atoms with E-state index in [9.17, 15) is 4.79 Å². The first-order valence-electron chi connectivity index (χ1n) is 10.2. The van der Waals surface area contributed by atoms with E-state index in [1.54, 1.807) is 33.0 Å². The van der Waals surface area contributed by atoms with E-state index in [-0.39, 0.29) is 5.91 Å². The van der Waals surface area contributed by atoms with Crippen molar-refractivity contribution in [3.63, 3.8) is 0 Å². The van der Waals surface area contributed by atoms with Gasteiger partial charge in [0.25, 0.3) is 5.91 Å². The van der Waals surface area contributed by atoms with Crippen LogP contribution in [0.1, 0.15) is 10.4 Å². The summed E-state index contributed by atoms with van der Waals surface area (Å²) in [6.45, 7) is 0. The lowest BCUT2D eigenvalue weighted by atomic mass is 10.0. The Morgan fingerprint density at radius 3 is 2.33 bits per heavy atom. The molecule has 1 heterocycles. The molecule has 0 spiro atoms. The quantitative estimate of drug-likeness (QED) is 0.361. The average molecular weight is 461 g/mol. The Bertz CT molecular complexity index is 1310. The lowest BCUT2D eigenvalue weighted by Gasteiger charge is -2.13. The van der Waals surface area contributed by atoms with Crippen molar-refractivity contribution in [3.05, 3.63) is 66.2 Å². The number of ether oxygens (including phenoxy) is 2. The van der Waals surface area contributed by atoms with Crippen molar-refractivity contribution in [2.75, 3.05) is 38.2 Å². The highest BCUT2D eigenvalue weighted by Crippen LogP contribution is 2.36. The molecule has 0 aliphatic rings. The van der Waals surface area contributed by atoms with Crippen molar-refractivity contribution < 1.29 is 14.3 Å². The third-order valence-electron chi connectivity index (χ3n) is 5.17. The molecule has 0 radical (unpaired) electrons. The lowest BCUT2D eigenvalue weighted by Crippen LogP contribution is -2.11. The predicted molar refractivity (Wildman–Crippen MR) is 134 cm³/mol. The lowest BCUT2D eigenvalue weighted by molar-refractivity contribution is 0.102. The number of carbonyl (C=O) groups excluding carboxylic acids is 1. The van der Waals surface area contributed by atoms with E-state index in [1.807, 2.05) is 66.9 Å². The third kappa shape index (κ3) is 4.70. The summed E-state index contributed by atoms with van der Waals surface area (Å²) in [6.07, 6.45) is 2.00. The number of hydrogen-bond donors (Lipinski definition) is 2. The molecule has 1 amide bonds. The molecule has 0 fully saturated rings. The van der Waals surface area contributed by atoms with Crippen LogP contribution in [0.3, 0.4) is 0 Å². The fourth-order valence-corrected chi connectivity index (χ4v) is 3.89. The number of nitrogens with zero attached hydrogens (tertiary/aromatic N) is 2. The molecule has 168 valence electrons. The minimum absolute atomic E-state index is 0.172. The van der Waals surface area contributed by atoms with E-state index >= 15 is 0 Å². The highest BCUT2D eigenvalue weighted by molar-refractivity contribution is 7.98. The van der Waals surface area contributed by atoms with Crippen LogP contribution in [0.5, 0.6) is 11.5 Å². The second-order valence-corrected chi connectivity index (χ2v) is 8.01. The Labute approximate surface area is 196 Å². The van der Waals surface area contributed by atoms with Crippen LogP contribution in [-0.2, 0) is 0 Å². The second-order valence-electron chi connectivity index (χ2n) is 7.13. The minimum Gasteiger partial charge on any atom is -0.493 e. The van der Waals surface area contributed by atoms with Gasteiger partial charge in [-0.15, -0.1) is 11.8 Å². The standard InChI is InChI=1S/C25H24N4O3S/c1-26-25-28-20-14-22(32-3)21(31-2)13-19(20)23(29-25)16-6-5-7-17(12-16)27-24(30)15-8-10-18(33-4)11-9-15/h5-14H,1-4H3,(H,27,30)(H,26,28,29). The molecule has 0 aliphatic carbocycles. The summed E-state index contributed by atoms with van der Waals surface area (Å²) in [5.41, 5.74) is 3.53. The average Bonchev–Trinajstić information content (AvgIpc) is 2.87. The first-order chi connectivity index (χ1) is 16.1. The van der Waals surface area contributed by atoms with Crippen LogP contribution in [-0.4, -0.2) is 43.4 Å². The van der Waals surface area contributed by atoms with Gasteiger partial charge in [-0.05, 0) is 48.7 Å². The van der Waals surface area contributed by atoms with E-state index in [1.165, 1.54) is 0 Å². The van der Waals surface area contributed by atoms with Gasteiger partial charge in [-0.3, -0.25) is 4.79 Å². The number of fused-ring (bicyclic) bond motifs is 1. The van der Waals surface area contributed by atoms with Crippen LogP contribution in [0.15, 0.2) is 65.6 Å². The summed E-state index contributed by atoms with van der Waals surface area (Å²) < 4.78 is 10.9. The highest BCUT2D eigenvalue weighted by atomic mass is 32.2. The second kappa shape index (κ2) is 9.79. The smallest absolute Gasteiger partial charge is 0.255 e. The van der Waals surface area contributed by atoms with E-state index in [0.29, 0.717) is 39.9 Å². The number of methoxy groups -OCH3 is 2. The van der Waals surface area contributed by atoms with Crippen molar-refractivity contribution in [3.8, 4) is 22.8 Å². The molecule has 8 heteroatoms. The topological polar surface area (TPSA) is 85.4 Å². The molecule has 0 saturated heterocycles. The molecular weight excluding hydrogens is 436 g/mol. The summed E-state index contributed by atoms with van der Waals surface area (Å²) in [5, 5.41) is 6.79. The van der Waals surface area contributed by atoms with Crippen LogP contribution in [0.2, 0.25) is 0 Å². The van der Waals surface area contributed by atoms with E-state index in [4.69, 9.17) is 9.47 Å². The number of aromatic nitrogens is 2. The summed E-state index contributed by atoms with van der Waals surface area (Å²) in [7, 11) is 4.95. The first-order valence-corrected chi connectivity index (χ1v) is 11.5. The summed E-state index contributed by atoms with van der Waals surface area (Å²) in [5.74, 6) is 1.48. The maximum Gasteiger partial charge on any atom is 0.255 e. The Balaban J connectivity index is 1.73. The number of rotatable bonds is 7. The van der Waals surface area contributed by atoms with Crippen molar-refractivity contribution in [1.29, 1.82) is 0 Å². The van der Waals surface area contributed by atoms with Crippen LogP contribution < -0.4 is 20.1 Å². The number of hydrogen-bond acceptors (Lipinski definition) is 7. The fourth-order valence-electron chi connectivity index (χ4n) is 3.48. The van der Waals surface area contributed by atoms with Gasteiger partial charge in [0.1, 0.15) is 0 Å². The number of carbonyl (C=O) groups is 1. The first kappa shape index (κ1) is 22.4. The van der Waals surface area contributed by atoms with Crippen molar-refractivity contribution >= 4 is 40.2 Å². The van der Waals surface area contributed by atoms with Gasteiger partial charge in [0.05, 0.1) is 25.4 Å². The minimum atomic E-state index is -0.172. The normalized spacial score (nSPS) is 10.7. The van der Waals surface area contributed by atoms with Crippen LogP contribution >= 0.6 is 11.8 Å². The van der Waals surface area contributed by atoms with E-state index < -0.39 is 0 Å². The molecule has 0 bridgehead atoms. The van der Waals surface area contributed by atoms with Gasteiger partial charge in [-0.1, -0.05) is 12.1 Å². The summed E-state index contributed by atoms with van der Waals surface area (Å²) in [6, 6.07) is 18.8. The molecule has 0 atom stereocenters. The molecule has 3 aromatic carbocycles. The largest absolute Gasteiger partial charge is 0.493 e. The van der Waals surface area contributed by atoms with Gasteiger partial charge in [-0.25, -0.2) is 9.97 Å². The number of anilines is 2. The van der Waals surface area contributed by atoms with E-state index in [0.717, 1.165) is 15.8 Å². The number of amides is 1. The van der Waals surface area contributed by atoms with Gasteiger partial charge in [0.15, 0.2) is 11.5 Å². The maximum atomic E-state index is 12.7. The zero-order valence-corrected chi connectivity index (χ0v) is 19.6. The van der Waals surface area contributed by atoms with Gasteiger partial charge in [-0.2, -0.15) is 0 Å². The number of thioether (sulfide) groups is 1. The third-order valence-corrected chi connectivity index (χ3v) is 5.91. The molecule has 0 aliphatic heterocycles. The zero-order valence-electron chi connectivity index (χ0n) is 18.8. The van der Waals surface area contributed by atoms with Gasteiger partial charge < -0.3 is 20.1 Å². The van der Waals surface area contributed by atoms with Crippen molar-refractivity contribution in [2.24, 2.45) is 0 Å². The monoisotopic (exact) mass is 460 g/mol. The molecule has 0 saturated carbocycles.